The van der Waals surface area contributed by atoms with Gasteiger partial charge in [-0.25, -0.2) is 4.39 Å². The molecule has 0 aliphatic heterocycles. The van der Waals surface area contributed by atoms with Crippen LogP contribution in [0.4, 0.5) is 4.39 Å². The lowest BCUT2D eigenvalue weighted by Gasteiger charge is -1.99. The maximum Gasteiger partial charge on any atom is 0.123 e. The molecule has 0 saturated carbocycles. The van der Waals surface area contributed by atoms with Gasteiger partial charge in [0.1, 0.15) is 5.82 Å². The molecule has 1 aromatic rings. The Morgan fingerprint density at radius 3 is 2.43 bits per heavy atom. The fourth-order valence-electron chi connectivity index (χ4n) is 0.954. The molecule has 1 nitrogen and oxygen atoms in total. The van der Waals surface area contributed by atoms with Crippen LogP contribution in [0, 0.1) is 5.82 Å². The number of halogens is 1. The second-order valence-electron chi connectivity index (χ2n) is 2.67. The first-order valence-electron chi connectivity index (χ1n) is 3.98. The third-order valence-electron chi connectivity index (χ3n) is 1.64. The van der Waals surface area contributed by atoms with Gasteiger partial charge in [-0.1, -0.05) is 12.1 Å². The molecule has 0 heterocycles. The van der Waals surface area contributed by atoms with E-state index in [-0.39, 0.29) is 5.82 Å². The number of hydrogen-bond donors (Lipinski definition) is 0. The summed E-state index contributed by atoms with van der Waals surface area (Å²) in [6, 6.07) is 6.11. The fourth-order valence-corrected chi connectivity index (χ4v) is 2.45. The second kappa shape index (κ2) is 5.32. The predicted molar refractivity (Wildman–Crippen MR) is 62.0 cm³/mol. The number of hydrogen-bond acceptors (Lipinski definition) is 2. The average Bonchev–Trinajstić information content (AvgIpc) is 2.16. The Morgan fingerprint density at radius 1 is 1.43 bits per heavy atom. The summed E-state index contributed by atoms with van der Waals surface area (Å²) < 4.78 is 24.6. The zero-order chi connectivity index (χ0) is 10.6. The van der Waals surface area contributed by atoms with Crippen LogP contribution < -0.4 is 0 Å². The van der Waals surface area contributed by atoms with Crippen molar-refractivity contribution in [1.82, 2.24) is 0 Å². The molecule has 0 aliphatic carbocycles. The van der Waals surface area contributed by atoms with E-state index in [0.29, 0.717) is 0 Å². The molecule has 0 aliphatic rings. The van der Waals surface area contributed by atoms with Crippen LogP contribution in [0.2, 0.25) is 0 Å². The van der Waals surface area contributed by atoms with E-state index in [2.05, 4.69) is 0 Å². The molecule has 0 saturated heterocycles. The van der Waals surface area contributed by atoms with E-state index in [4.69, 9.17) is 0 Å². The maximum absolute atomic E-state index is 12.6. The van der Waals surface area contributed by atoms with E-state index in [0.717, 1.165) is 9.80 Å². The highest BCUT2D eigenvalue weighted by atomic mass is 32.2. The van der Waals surface area contributed by atoms with E-state index in [1.54, 1.807) is 24.5 Å². The van der Waals surface area contributed by atoms with Crippen molar-refractivity contribution in [3.8, 4) is 0 Å². The minimum absolute atomic E-state index is 0.259. The molecule has 14 heavy (non-hydrogen) atoms. The number of rotatable bonds is 3. The van der Waals surface area contributed by atoms with Crippen molar-refractivity contribution in [3.05, 3.63) is 39.9 Å². The van der Waals surface area contributed by atoms with Gasteiger partial charge >= 0.3 is 0 Å². The Kier molecular flexibility index (Phi) is 4.35. The van der Waals surface area contributed by atoms with Crippen LogP contribution in [0.3, 0.4) is 0 Å². The van der Waals surface area contributed by atoms with Crippen molar-refractivity contribution in [2.75, 3.05) is 12.5 Å². The van der Waals surface area contributed by atoms with Gasteiger partial charge in [0.2, 0.25) is 0 Å². The molecule has 0 spiro atoms. The summed E-state index contributed by atoms with van der Waals surface area (Å²) >= 11 is 1.44. The Morgan fingerprint density at radius 2 is 2.00 bits per heavy atom. The van der Waals surface area contributed by atoms with E-state index >= 15 is 0 Å². The van der Waals surface area contributed by atoms with Gasteiger partial charge in [-0.05, 0) is 30.0 Å². The van der Waals surface area contributed by atoms with E-state index < -0.39 is 10.8 Å². The van der Waals surface area contributed by atoms with Gasteiger partial charge in [-0.3, -0.25) is 4.21 Å². The monoisotopic (exact) mass is 230 g/mol. The zero-order valence-electron chi connectivity index (χ0n) is 7.99. The van der Waals surface area contributed by atoms with Gasteiger partial charge < -0.3 is 0 Å². The summed E-state index contributed by atoms with van der Waals surface area (Å²) in [5, 5.41) is 0. The van der Waals surface area contributed by atoms with Crippen LogP contribution in [0.1, 0.15) is 5.56 Å². The summed E-state index contributed by atoms with van der Waals surface area (Å²) in [5.74, 6) is -0.259. The SMILES string of the molecule is CSC(=Cc1ccc(F)cc1)S(C)=O. The number of benzene rings is 1. The van der Waals surface area contributed by atoms with Crippen LogP contribution in [-0.4, -0.2) is 16.7 Å². The van der Waals surface area contributed by atoms with Crippen molar-refractivity contribution >= 4 is 28.6 Å². The molecule has 0 fully saturated rings. The van der Waals surface area contributed by atoms with Crippen LogP contribution in [0.25, 0.3) is 6.08 Å². The number of thioether (sulfide) groups is 1. The van der Waals surface area contributed by atoms with Gasteiger partial charge in [0, 0.05) is 6.26 Å². The third kappa shape index (κ3) is 3.27. The summed E-state index contributed by atoms with van der Waals surface area (Å²) in [6.07, 6.45) is 5.31. The maximum atomic E-state index is 12.6. The Hall–Kier alpha value is -0.610. The molecule has 0 N–H and O–H groups in total. The molecule has 0 radical (unpaired) electrons. The van der Waals surface area contributed by atoms with Gasteiger partial charge in [-0.2, -0.15) is 0 Å². The highest BCUT2D eigenvalue weighted by molar-refractivity contribution is 8.16. The lowest BCUT2D eigenvalue weighted by molar-refractivity contribution is 0.628. The molecule has 0 bridgehead atoms. The van der Waals surface area contributed by atoms with Gasteiger partial charge in [0.15, 0.2) is 0 Å². The lowest BCUT2D eigenvalue weighted by atomic mass is 10.2. The van der Waals surface area contributed by atoms with E-state index in [9.17, 15) is 8.60 Å². The normalized spacial score (nSPS) is 14.1. The minimum atomic E-state index is -0.979. The molecular formula is C10H11FOS2. The summed E-state index contributed by atoms with van der Waals surface area (Å²) in [7, 11) is -0.979. The molecule has 1 aromatic carbocycles. The smallest absolute Gasteiger partial charge is 0.123 e. The summed E-state index contributed by atoms with van der Waals surface area (Å²) in [4.78, 5) is 0. The zero-order valence-corrected chi connectivity index (χ0v) is 9.62. The van der Waals surface area contributed by atoms with Crippen molar-refractivity contribution in [2.24, 2.45) is 0 Å². The van der Waals surface area contributed by atoms with Gasteiger partial charge in [0.25, 0.3) is 0 Å². The van der Waals surface area contributed by atoms with Crippen molar-refractivity contribution in [1.29, 1.82) is 0 Å². The minimum Gasteiger partial charge on any atom is -0.254 e. The van der Waals surface area contributed by atoms with Crippen molar-refractivity contribution in [3.63, 3.8) is 0 Å². The largest absolute Gasteiger partial charge is 0.254 e. The molecular weight excluding hydrogens is 219 g/mol. The highest BCUT2D eigenvalue weighted by Gasteiger charge is 2.00. The molecule has 4 heteroatoms. The Bertz CT molecular complexity index is 357. The molecule has 1 atom stereocenters. The first-order valence-corrected chi connectivity index (χ1v) is 6.76. The standard InChI is InChI=1S/C10H11FOS2/c1-13-10(14(2)12)7-8-3-5-9(11)6-4-8/h3-7H,1-2H3. The third-order valence-corrected chi connectivity index (χ3v) is 4.05. The molecule has 76 valence electrons. The van der Waals surface area contributed by atoms with Crippen LogP contribution >= 0.6 is 11.8 Å². The van der Waals surface area contributed by atoms with Crippen LogP contribution in [0.5, 0.6) is 0 Å². The molecule has 0 amide bonds. The molecule has 1 unspecified atom stereocenters. The predicted octanol–water partition coefficient (Wildman–Crippen LogP) is 2.87. The van der Waals surface area contributed by atoms with E-state index in [1.807, 2.05) is 6.26 Å². The topological polar surface area (TPSA) is 17.1 Å². The summed E-state index contributed by atoms with van der Waals surface area (Å²) in [5.41, 5.74) is 0.867. The fraction of sp³-hybridized carbons (Fsp3) is 0.200. The van der Waals surface area contributed by atoms with Crippen molar-refractivity contribution in [2.45, 2.75) is 0 Å². The summed E-state index contributed by atoms with van der Waals surface area (Å²) in [6.45, 7) is 0. The molecule has 0 aromatic heterocycles. The lowest BCUT2D eigenvalue weighted by Crippen LogP contribution is -1.86. The second-order valence-corrected chi connectivity index (χ2v) is 5.13. The quantitative estimate of drug-likeness (QED) is 0.794. The Labute approximate surface area is 89.9 Å². The first-order chi connectivity index (χ1) is 6.63. The van der Waals surface area contributed by atoms with Gasteiger partial charge in [0.05, 0.1) is 15.0 Å². The van der Waals surface area contributed by atoms with Crippen molar-refractivity contribution < 1.29 is 8.60 Å². The average molecular weight is 230 g/mol. The van der Waals surface area contributed by atoms with Crippen LogP contribution in [-0.2, 0) is 10.8 Å². The molecule has 1 rings (SSSR count). The first kappa shape index (κ1) is 11.5. The van der Waals surface area contributed by atoms with Gasteiger partial charge in [-0.15, -0.1) is 11.8 Å². The highest BCUT2D eigenvalue weighted by Crippen LogP contribution is 2.19. The Balaban J connectivity index is 2.95. The van der Waals surface area contributed by atoms with Crippen LogP contribution in [0.15, 0.2) is 28.5 Å². The van der Waals surface area contributed by atoms with E-state index in [1.165, 1.54) is 23.9 Å².